The number of hydrogen-bond donors (Lipinski definition) is 1. The van der Waals surface area contributed by atoms with E-state index in [4.69, 9.17) is 9.47 Å². The lowest BCUT2D eigenvalue weighted by atomic mass is 10.3. The van der Waals surface area contributed by atoms with Gasteiger partial charge in [0, 0.05) is 18.2 Å². The van der Waals surface area contributed by atoms with Crippen molar-refractivity contribution in [3.05, 3.63) is 48.2 Å². The molecule has 0 spiro atoms. The molecule has 0 saturated carbocycles. The molecule has 1 aromatic heterocycles. The van der Waals surface area contributed by atoms with E-state index in [2.05, 4.69) is 4.98 Å². The SMILES string of the molecule is CCC(=O)Oc1ccc(Oc2ncccc2CO)cc1. The predicted molar refractivity (Wildman–Crippen MR) is 72.6 cm³/mol. The van der Waals surface area contributed by atoms with Crippen molar-refractivity contribution in [2.24, 2.45) is 0 Å². The Morgan fingerprint density at radius 3 is 2.55 bits per heavy atom. The predicted octanol–water partition coefficient (Wildman–Crippen LogP) is 2.68. The monoisotopic (exact) mass is 273 g/mol. The van der Waals surface area contributed by atoms with Crippen LogP contribution in [0.2, 0.25) is 0 Å². The van der Waals surface area contributed by atoms with Crippen molar-refractivity contribution in [1.82, 2.24) is 4.98 Å². The molecule has 0 amide bonds. The molecule has 0 saturated heterocycles. The molecule has 0 aliphatic rings. The number of esters is 1. The van der Waals surface area contributed by atoms with Crippen molar-refractivity contribution in [3.63, 3.8) is 0 Å². The molecule has 1 heterocycles. The van der Waals surface area contributed by atoms with E-state index in [-0.39, 0.29) is 12.6 Å². The van der Waals surface area contributed by atoms with Gasteiger partial charge in [0.25, 0.3) is 0 Å². The highest BCUT2D eigenvalue weighted by Crippen LogP contribution is 2.25. The lowest BCUT2D eigenvalue weighted by Crippen LogP contribution is -2.05. The summed E-state index contributed by atoms with van der Waals surface area (Å²) in [5.41, 5.74) is 0.606. The van der Waals surface area contributed by atoms with Crippen molar-refractivity contribution in [2.45, 2.75) is 20.0 Å². The van der Waals surface area contributed by atoms with Gasteiger partial charge in [-0.05, 0) is 36.4 Å². The second-order valence-electron chi connectivity index (χ2n) is 4.03. The van der Waals surface area contributed by atoms with Gasteiger partial charge in [-0.2, -0.15) is 0 Å². The minimum atomic E-state index is -0.286. The van der Waals surface area contributed by atoms with Crippen molar-refractivity contribution in [2.75, 3.05) is 0 Å². The lowest BCUT2D eigenvalue weighted by Gasteiger charge is -2.08. The number of rotatable bonds is 5. The summed E-state index contributed by atoms with van der Waals surface area (Å²) >= 11 is 0. The minimum Gasteiger partial charge on any atom is -0.439 e. The van der Waals surface area contributed by atoms with Crippen LogP contribution in [0.1, 0.15) is 18.9 Å². The standard InChI is InChI=1S/C15H15NO4/c1-2-14(18)19-12-5-7-13(8-6-12)20-15-11(10-17)4-3-9-16-15/h3-9,17H,2,10H2,1H3. The second kappa shape index (κ2) is 6.68. The fraction of sp³-hybridized carbons (Fsp3) is 0.200. The Morgan fingerprint density at radius 2 is 1.90 bits per heavy atom. The van der Waals surface area contributed by atoms with Crippen molar-refractivity contribution >= 4 is 5.97 Å². The van der Waals surface area contributed by atoms with E-state index in [1.54, 1.807) is 49.5 Å². The van der Waals surface area contributed by atoms with Crippen LogP contribution in [0.15, 0.2) is 42.6 Å². The molecular weight excluding hydrogens is 258 g/mol. The zero-order chi connectivity index (χ0) is 14.4. The number of aromatic nitrogens is 1. The number of carbonyl (C=O) groups is 1. The lowest BCUT2D eigenvalue weighted by molar-refractivity contribution is -0.134. The van der Waals surface area contributed by atoms with Gasteiger partial charge in [0.05, 0.1) is 6.61 Å². The summed E-state index contributed by atoms with van der Waals surface area (Å²) in [6.07, 6.45) is 1.91. The number of nitrogens with zero attached hydrogens (tertiary/aromatic N) is 1. The number of pyridine rings is 1. The molecule has 0 bridgehead atoms. The van der Waals surface area contributed by atoms with Crippen LogP contribution in [0.5, 0.6) is 17.4 Å². The Morgan fingerprint density at radius 1 is 1.20 bits per heavy atom. The molecule has 0 radical (unpaired) electrons. The normalized spacial score (nSPS) is 10.1. The van der Waals surface area contributed by atoms with E-state index in [9.17, 15) is 9.90 Å². The average molecular weight is 273 g/mol. The van der Waals surface area contributed by atoms with Gasteiger partial charge in [-0.15, -0.1) is 0 Å². The molecular formula is C15H15NO4. The Labute approximate surface area is 116 Å². The molecule has 20 heavy (non-hydrogen) atoms. The van der Waals surface area contributed by atoms with Gasteiger partial charge in [0.15, 0.2) is 0 Å². The topological polar surface area (TPSA) is 68.7 Å². The van der Waals surface area contributed by atoms with Crippen molar-refractivity contribution in [1.29, 1.82) is 0 Å². The molecule has 1 aromatic carbocycles. The van der Waals surface area contributed by atoms with E-state index in [1.807, 2.05) is 0 Å². The number of carbonyl (C=O) groups excluding carboxylic acids is 1. The second-order valence-corrected chi connectivity index (χ2v) is 4.03. The maximum Gasteiger partial charge on any atom is 0.310 e. The molecule has 5 heteroatoms. The fourth-order valence-electron chi connectivity index (χ4n) is 1.53. The molecule has 0 atom stereocenters. The third-order valence-corrected chi connectivity index (χ3v) is 2.58. The van der Waals surface area contributed by atoms with E-state index < -0.39 is 0 Å². The molecule has 0 fully saturated rings. The summed E-state index contributed by atoms with van der Waals surface area (Å²) in [6.45, 7) is 1.59. The maximum absolute atomic E-state index is 11.1. The Balaban J connectivity index is 2.09. The van der Waals surface area contributed by atoms with E-state index >= 15 is 0 Å². The highest BCUT2D eigenvalue weighted by atomic mass is 16.5. The van der Waals surface area contributed by atoms with Crippen LogP contribution >= 0.6 is 0 Å². The van der Waals surface area contributed by atoms with Gasteiger partial charge in [0.1, 0.15) is 11.5 Å². The first kappa shape index (κ1) is 14.0. The van der Waals surface area contributed by atoms with Crippen LogP contribution in [-0.4, -0.2) is 16.1 Å². The molecule has 0 aliphatic heterocycles. The Hall–Kier alpha value is -2.40. The molecule has 0 unspecified atom stereocenters. The first-order valence-electron chi connectivity index (χ1n) is 6.26. The number of aliphatic hydroxyl groups is 1. The number of hydrogen-bond acceptors (Lipinski definition) is 5. The summed E-state index contributed by atoms with van der Waals surface area (Å²) in [6, 6.07) is 10.1. The molecule has 104 valence electrons. The molecule has 5 nitrogen and oxygen atoms in total. The molecule has 1 N–H and O–H groups in total. The smallest absolute Gasteiger partial charge is 0.310 e. The largest absolute Gasteiger partial charge is 0.439 e. The van der Waals surface area contributed by atoms with E-state index in [0.717, 1.165) is 0 Å². The third-order valence-electron chi connectivity index (χ3n) is 2.58. The first-order chi connectivity index (χ1) is 9.72. The molecule has 0 aliphatic carbocycles. The van der Waals surface area contributed by atoms with Crippen LogP contribution < -0.4 is 9.47 Å². The van der Waals surface area contributed by atoms with Gasteiger partial charge < -0.3 is 14.6 Å². The zero-order valence-corrected chi connectivity index (χ0v) is 11.1. The minimum absolute atomic E-state index is 0.143. The van der Waals surface area contributed by atoms with Gasteiger partial charge >= 0.3 is 5.97 Å². The zero-order valence-electron chi connectivity index (χ0n) is 11.1. The van der Waals surface area contributed by atoms with Gasteiger partial charge in [-0.3, -0.25) is 4.79 Å². The van der Waals surface area contributed by atoms with Gasteiger partial charge in [0.2, 0.25) is 5.88 Å². The summed E-state index contributed by atoms with van der Waals surface area (Å²) in [7, 11) is 0. The van der Waals surface area contributed by atoms with Crippen molar-refractivity contribution in [3.8, 4) is 17.4 Å². The van der Waals surface area contributed by atoms with E-state index in [1.165, 1.54) is 0 Å². The summed E-state index contributed by atoms with van der Waals surface area (Å²) in [5.74, 6) is 1.08. The fourth-order valence-corrected chi connectivity index (χ4v) is 1.53. The maximum atomic E-state index is 11.1. The number of aliphatic hydroxyl groups excluding tert-OH is 1. The Kier molecular flexibility index (Phi) is 4.68. The first-order valence-corrected chi connectivity index (χ1v) is 6.26. The summed E-state index contributed by atoms with van der Waals surface area (Å²) in [4.78, 5) is 15.2. The molecule has 2 rings (SSSR count). The third kappa shape index (κ3) is 3.55. The van der Waals surface area contributed by atoms with E-state index in [0.29, 0.717) is 29.4 Å². The van der Waals surface area contributed by atoms with Crippen LogP contribution in [0.3, 0.4) is 0 Å². The Bertz CT molecular complexity index is 581. The van der Waals surface area contributed by atoms with Crippen LogP contribution in [0, 0.1) is 0 Å². The average Bonchev–Trinajstić information content (AvgIpc) is 2.49. The van der Waals surface area contributed by atoms with Crippen LogP contribution in [-0.2, 0) is 11.4 Å². The number of benzene rings is 1. The highest BCUT2D eigenvalue weighted by molar-refractivity contribution is 5.71. The summed E-state index contributed by atoms with van der Waals surface area (Å²) < 4.78 is 10.6. The summed E-state index contributed by atoms with van der Waals surface area (Å²) in [5, 5.41) is 9.19. The van der Waals surface area contributed by atoms with Gasteiger partial charge in [-0.1, -0.05) is 6.92 Å². The van der Waals surface area contributed by atoms with Gasteiger partial charge in [-0.25, -0.2) is 4.98 Å². The van der Waals surface area contributed by atoms with Crippen LogP contribution in [0.4, 0.5) is 0 Å². The quantitative estimate of drug-likeness (QED) is 0.670. The highest BCUT2D eigenvalue weighted by Gasteiger charge is 2.06. The van der Waals surface area contributed by atoms with Crippen molar-refractivity contribution < 1.29 is 19.4 Å². The number of ether oxygens (including phenoxy) is 2. The van der Waals surface area contributed by atoms with Crippen LogP contribution in [0.25, 0.3) is 0 Å². The molecule has 2 aromatic rings.